The summed E-state index contributed by atoms with van der Waals surface area (Å²) in [6.07, 6.45) is 44.4. The molecule has 0 unspecified atom stereocenters. The minimum absolute atomic E-state index is 0.141. The van der Waals surface area contributed by atoms with E-state index in [9.17, 15) is 14.4 Å². The van der Waals surface area contributed by atoms with Gasteiger partial charge in [0.25, 0.3) is 0 Å². The molecule has 0 aromatic heterocycles. The second-order valence-electron chi connectivity index (χ2n) is 21.3. The molecule has 0 rings (SSSR count). The van der Waals surface area contributed by atoms with Crippen LogP contribution in [0.1, 0.15) is 271 Å². The van der Waals surface area contributed by atoms with E-state index in [0.717, 1.165) is 136 Å². The summed E-state index contributed by atoms with van der Waals surface area (Å²) in [6.45, 7) is 18.3. The zero-order valence-electron chi connectivity index (χ0n) is 49.5. The summed E-state index contributed by atoms with van der Waals surface area (Å²) in [6, 6.07) is 0. The maximum atomic E-state index is 12.8. The van der Waals surface area contributed by atoms with Crippen LogP contribution in [0.5, 0.6) is 0 Å². The fourth-order valence-corrected chi connectivity index (χ4v) is 8.92. The first kappa shape index (κ1) is 72.2. The lowest BCUT2D eigenvalue weighted by molar-refractivity contribution is -0.145. The van der Waals surface area contributed by atoms with Crippen LogP contribution in [0.15, 0.2) is 0 Å². The number of hydrogen-bond donors (Lipinski definition) is 1. The number of esters is 3. The van der Waals surface area contributed by atoms with Crippen molar-refractivity contribution in [3.8, 4) is 0 Å². The third-order valence-corrected chi connectivity index (χ3v) is 14.0. The molecule has 0 fully saturated rings. The van der Waals surface area contributed by atoms with Crippen LogP contribution >= 0.6 is 0 Å². The van der Waals surface area contributed by atoms with Crippen molar-refractivity contribution in [2.45, 2.75) is 271 Å². The van der Waals surface area contributed by atoms with Crippen molar-refractivity contribution in [2.24, 2.45) is 0 Å². The first-order valence-electron chi connectivity index (χ1n) is 31.7. The van der Waals surface area contributed by atoms with Gasteiger partial charge >= 0.3 is 17.9 Å². The van der Waals surface area contributed by atoms with Crippen molar-refractivity contribution in [2.75, 3.05) is 112 Å². The van der Waals surface area contributed by atoms with E-state index in [1.54, 1.807) is 0 Å². The average molecular weight is 1050 g/mol. The molecule has 0 aromatic rings. The molecule has 0 amide bonds. The van der Waals surface area contributed by atoms with Crippen molar-refractivity contribution >= 4 is 17.9 Å². The second kappa shape index (κ2) is 62.0. The van der Waals surface area contributed by atoms with Gasteiger partial charge in [0.15, 0.2) is 0 Å². The number of likely N-dealkylation sites (N-methyl/N-ethyl adjacent to an activating group) is 1. The van der Waals surface area contributed by atoms with E-state index in [0.29, 0.717) is 58.7 Å². The van der Waals surface area contributed by atoms with Crippen LogP contribution in [0.2, 0.25) is 0 Å². The number of hydrogen-bond acceptors (Lipinski definition) is 12. The summed E-state index contributed by atoms with van der Waals surface area (Å²) < 4.78 is 34.1. The number of carbonyl (C=O) groups excluding carboxylic acids is 3. The third-order valence-electron chi connectivity index (χ3n) is 14.0. The largest absolute Gasteiger partial charge is 0.466 e. The van der Waals surface area contributed by atoms with Gasteiger partial charge in [-0.15, -0.1) is 0 Å². The lowest BCUT2D eigenvalue weighted by atomic mass is 10.1. The van der Waals surface area contributed by atoms with E-state index < -0.39 is 0 Å². The Morgan fingerprint density at radius 2 is 0.568 bits per heavy atom. The topological polar surface area (TPSA) is 125 Å². The molecule has 12 nitrogen and oxygen atoms in total. The van der Waals surface area contributed by atoms with Gasteiger partial charge in [0.1, 0.15) is 0 Å². The van der Waals surface area contributed by atoms with Crippen LogP contribution in [0.3, 0.4) is 0 Å². The highest BCUT2D eigenvalue weighted by Crippen LogP contribution is 2.12. The molecular weight excluding hydrogens is 931 g/mol. The fourth-order valence-electron chi connectivity index (χ4n) is 8.92. The van der Waals surface area contributed by atoms with Crippen LogP contribution in [-0.4, -0.2) is 140 Å². The van der Waals surface area contributed by atoms with E-state index in [1.165, 1.54) is 161 Å². The number of rotatable bonds is 63. The Labute approximate surface area is 457 Å². The van der Waals surface area contributed by atoms with Gasteiger partial charge in [0.05, 0.1) is 39.1 Å². The normalized spacial score (nSPS) is 11.6. The molecule has 0 radical (unpaired) electrons. The number of carbonyl (C=O) groups is 3. The summed E-state index contributed by atoms with van der Waals surface area (Å²) in [5.74, 6) is -0.497. The Balaban J connectivity index is 4.32. The van der Waals surface area contributed by atoms with Gasteiger partial charge < -0.3 is 43.5 Å². The summed E-state index contributed by atoms with van der Waals surface area (Å²) >= 11 is 0. The van der Waals surface area contributed by atoms with Crippen LogP contribution in [0.25, 0.3) is 0 Å². The van der Waals surface area contributed by atoms with Crippen molar-refractivity contribution in [3.05, 3.63) is 0 Å². The maximum Gasteiger partial charge on any atom is 0.307 e. The van der Waals surface area contributed by atoms with Crippen LogP contribution in [-0.2, 0) is 42.8 Å². The summed E-state index contributed by atoms with van der Waals surface area (Å²) in [7, 11) is 2.08. The molecule has 0 aliphatic heterocycles. The highest BCUT2D eigenvalue weighted by molar-refractivity contribution is 5.70. The third kappa shape index (κ3) is 59.4. The molecule has 0 spiro atoms. The molecule has 12 heteroatoms. The number of nitrogens with zero attached hydrogens (tertiary/aromatic N) is 2. The maximum absolute atomic E-state index is 12.8. The first-order chi connectivity index (χ1) is 36.4. The number of unbranched alkanes of at least 4 members (excludes halogenated alkanes) is 30. The molecule has 0 bridgehead atoms. The van der Waals surface area contributed by atoms with Crippen molar-refractivity contribution in [1.29, 1.82) is 0 Å². The Bertz CT molecular complexity index is 1100. The van der Waals surface area contributed by atoms with Gasteiger partial charge in [-0.05, 0) is 64.8 Å². The summed E-state index contributed by atoms with van der Waals surface area (Å²) in [5.41, 5.74) is 0. The molecule has 0 heterocycles. The average Bonchev–Trinajstić information content (AvgIpc) is 3.40. The van der Waals surface area contributed by atoms with Crippen molar-refractivity contribution in [1.82, 2.24) is 15.1 Å². The minimum atomic E-state index is -0.178. The summed E-state index contributed by atoms with van der Waals surface area (Å²) in [4.78, 5) is 42.3. The van der Waals surface area contributed by atoms with E-state index >= 15 is 0 Å². The molecule has 1 N–H and O–H groups in total. The van der Waals surface area contributed by atoms with Gasteiger partial charge in [-0.2, -0.15) is 0 Å². The monoisotopic (exact) mass is 1050 g/mol. The summed E-state index contributed by atoms with van der Waals surface area (Å²) in [5, 5.41) is 3.38. The first-order valence-corrected chi connectivity index (χ1v) is 31.7. The smallest absolute Gasteiger partial charge is 0.307 e. The Morgan fingerprint density at radius 3 is 0.878 bits per heavy atom. The lowest BCUT2D eigenvalue weighted by Gasteiger charge is -2.25. The van der Waals surface area contributed by atoms with Crippen LogP contribution in [0, 0.1) is 0 Å². The van der Waals surface area contributed by atoms with Gasteiger partial charge in [-0.1, -0.05) is 194 Å². The Hall–Kier alpha value is -1.83. The minimum Gasteiger partial charge on any atom is -0.466 e. The van der Waals surface area contributed by atoms with Gasteiger partial charge in [-0.3, -0.25) is 14.4 Å². The molecule has 0 aliphatic rings. The van der Waals surface area contributed by atoms with Gasteiger partial charge in [0, 0.05) is 85.5 Å². The highest BCUT2D eigenvalue weighted by atomic mass is 16.5. The van der Waals surface area contributed by atoms with Crippen LogP contribution < -0.4 is 5.32 Å². The predicted molar refractivity (Wildman–Crippen MR) is 309 cm³/mol. The van der Waals surface area contributed by atoms with Crippen molar-refractivity contribution < 1.29 is 42.8 Å². The predicted octanol–water partition coefficient (Wildman–Crippen LogP) is 14.8. The van der Waals surface area contributed by atoms with Crippen LogP contribution in [0.4, 0.5) is 0 Å². The SMILES string of the molecule is CCCCCCCCOCCCCCCCCOC(=O)CCNCCN(C)CCN(CCC(=O)OCCCCCCCCOCCCCCCCC)CCC(=O)OCCCCCCCCOCCCCCCCC. The molecule has 0 saturated carbocycles. The fraction of sp³-hybridized carbons (Fsp3) is 0.952. The molecule has 0 saturated heterocycles. The molecular formula is C62H123N3O9. The molecule has 74 heavy (non-hydrogen) atoms. The highest BCUT2D eigenvalue weighted by Gasteiger charge is 2.14. The van der Waals surface area contributed by atoms with E-state index in [-0.39, 0.29) is 17.9 Å². The molecule has 440 valence electrons. The standard InChI is InChI=1S/C62H123N3O9/c1-5-8-11-14-23-32-51-69-54-35-26-17-20-29-38-57-72-60(66)41-44-63-45-48-64(4)49-50-65(46-42-61(67)73-58-39-30-21-18-27-36-55-70-52-33-24-15-12-9-6-2)47-43-62(68)74-59-40-31-22-19-28-37-56-71-53-34-25-16-13-10-7-3/h63H,5-59H2,1-4H3. The molecule has 0 aromatic carbocycles. The van der Waals surface area contributed by atoms with Gasteiger partial charge in [0.2, 0.25) is 0 Å². The van der Waals surface area contributed by atoms with E-state index in [1.807, 2.05) is 0 Å². The number of ether oxygens (including phenoxy) is 6. The molecule has 0 aliphatic carbocycles. The van der Waals surface area contributed by atoms with E-state index in [2.05, 4.69) is 42.9 Å². The number of nitrogens with one attached hydrogen (secondary N) is 1. The Kier molecular flexibility index (Phi) is 60.5. The Morgan fingerprint density at radius 1 is 0.297 bits per heavy atom. The zero-order valence-corrected chi connectivity index (χ0v) is 49.5. The second-order valence-corrected chi connectivity index (χ2v) is 21.3. The quantitative estimate of drug-likeness (QED) is 0.0354. The molecule has 0 atom stereocenters. The lowest BCUT2D eigenvalue weighted by Crippen LogP contribution is -2.38. The zero-order chi connectivity index (χ0) is 53.7. The van der Waals surface area contributed by atoms with Crippen molar-refractivity contribution in [3.63, 3.8) is 0 Å². The van der Waals surface area contributed by atoms with E-state index in [4.69, 9.17) is 28.4 Å². The van der Waals surface area contributed by atoms with Gasteiger partial charge in [-0.25, -0.2) is 0 Å².